The van der Waals surface area contributed by atoms with Gasteiger partial charge < -0.3 is 14.8 Å². The number of anilines is 1. The largest absolute Gasteiger partial charge is 0.478 e. The summed E-state index contributed by atoms with van der Waals surface area (Å²) < 4.78 is 5.64. The predicted molar refractivity (Wildman–Crippen MR) is 65.6 cm³/mol. The molecule has 2 N–H and O–H groups in total. The highest BCUT2D eigenvalue weighted by molar-refractivity contribution is 9.10. The second kappa shape index (κ2) is 5.01. The normalized spacial score (nSPS) is 10.1. The van der Waals surface area contributed by atoms with E-state index in [0.29, 0.717) is 5.82 Å². The Labute approximate surface area is 110 Å². The van der Waals surface area contributed by atoms with Gasteiger partial charge in [0, 0.05) is 16.7 Å². The van der Waals surface area contributed by atoms with Crippen molar-refractivity contribution in [2.75, 3.05) is 5.32 Å². The summed E-state index contributed by atoms with van der Waals surface area (Å²) in [5.74, 6) is -1.45. The second-order valence-corrected chi connectivity index (χ2v) is 4.24. The number of hydrogen-bond donors (Lipinski definition) is 2. The van der Waals surface area contributed by atoms with Crippen LogP contribution in [0.4, 0.5) is 5.82 Å². The summed E-state index contributed by atoms with van der Waals surface area (Å²) in [6.45, 7) is 0. The Hall–Kier alpha value is -2.15. The van der Waals surface area contributed by atoms with Crippen molar-refractivity contribution in [1.29, 1.82) is 0 Å². The summed E-state index contributed by atoms with van der Waals surface area (Å²) in [4.78, 5) is 26.3. The quantitative estimate of drug-likeness (QED) is 0.908. The molecular weight excluding hydrogens is 304 g/mol. The number of carboxylic acid groups (broad SMARTS) is 1. The van der Waals surface area contributed by atoms with E-state index in [4.69, 9.17) is 9.52 Å². The second-order valence-electron chi connectivity index (χ2n) is 3.32. The Morgan fingerprint density at radius 1 is 1.39 bits per heavy atom. The number of carbonyl (C=O) groups is 2. The maximum absolute atomic E-state index is 11.7. The zero-order valence-electron chi connectivity index (χ0n) is 8.88. The first kappa shape index (κ1) is 12.3. The highest BCUT2D eigenvalue weighted by Gasteiger charge is 2.14. The third-order valence-electron chi connectivity index (χ3n) is 2.04. The summed E-state index contributed by atoms with van der Waals surface area (Å²) in [6, 6.07) is 4.47. The lowest BCUT2D eigenvalue weighted by Crippen LogP contribution is -2.11. The van der Waals surface area contributed by atoms with Gasteiger partial charge in [0.15, 0.2) is 5.76 Å². The fourth-order valence-electron chi connectivity index (χ4n) is 1.20. The predicted octanol–water partition coefficient (Wildman–Crippen LogP) is 2.39. The standard InChI is InChI=1S/C11H7BrN2O4/c12-7-1-2-9(13-4-7)14-10(15)8-3-6(5-18-8)11(16)17/h1-5H,(H,16,17)(H,13,14,15). The minimum absolute atomic E-state index is 0.0797. The molecule has 0 fully saturated rings. The molecular formula is C11H7BrN2O4. The average molecular weight is 311 g/mol. The van der Waals surface area contributed by atoms with Gasteiger partial charge in [0.25, 0.3) is 5.91 Å². The summed E-state index contributed by atoms with van der Waals surface area (Å²) in [5, 5.41) is 11.2. The molecule has 0 radical (unpaired) electrons. The van der Waals surface area contributed by atoms with Crippen LogP contribution in [0.3, 0.4) is 0 Å². The number of aromatic nitrogens is 1. The van der Waals surface area contributed by atoms with E-state index in [1.54, 1.807) is 12.1 Å². The SMILES string of the molecule is O=C(O)c1coc(C(=O)Nc2ccc(Br)cn2)c1. The molecule has 18 heavy (non-hydrogen) atoms. The zero-order chi connectivity index (χ0) is 13.1. The fourth-order valence-corrected chi connectivity index (χ4v) is 1.43. The lowest BCUT2D eigenvalue weighted by atomic mass is 10.3. The fraction of sp³-hybridized carbons (Fsp3) is 0. The number of hydrogen-bond acceptors (Lipinski definition) is 4. The van der Waals surface area contributed by atoms with Gasteiger partial charge in [-0.2, -0.15) is 0 Å². The number of nitrogens with zero attached hydrogens (tertiary/aromatic N) is 1. The third-order valence-corrected chi connectivity index (χ3v) is 2.51. The van der Waals surface area contributed by atoms with Gasteiger partial charge >= 0.3 is 5.97 Å². The lowest BCUT2D eigenvalue weighted by molar-refractivity contribution is 0.0696. The van der Waals surface area contributed by atoms with Gasteiger partial charge in [-0.1, -0.05) is 0 Å². The number of amides is 1. The molecule has 0 aliphatic heterocycles. The Bertz CT molecular complexity index is 591. The number of pyridine rings is 1. The lowest BCUT2D eigenvalue weighted by Gasteiger charge is -2.01. The molecule has 92 valence electrons. The molecule has 0 aliphatic carbocycles. The van der Waals surface area contributed by atoms with E-state index < -0.39 is 11.9 Å². The van der Waals surface area contributed by atoms with E-state index in [9.17, 15) is 9.59 Å². The van der Waals surface area contributed by atoms with Crippen molar-refractivity contribution >= 4 is 33.6 Å². The molecule has 0 aliphatic rings. The summed E-state index contributed by atoms with van der Waals surface area (Å²) in [7, 11) is 0. The first-order valence-corrected chi connectivity index (χ1v) is 5.60. The Balaban J connectivity index is 2.11. The minimum atomic E-state index is -1.15. The number of aromatic carboxylic acids is 1. The molecule has 2 aromatic heterocycles. The highest BCUT2D eigenvalue weighted by atomic mass is 79.9. The van der Waals surface area contributed by atoms with E-state index in [2.05, 4.69) is 26.2 Å². The molecule has 0 saturated carbocycles. The average Bonchev–Trinajstić information content (AvgIpc) is 2.81. The van der Waals surface area contributed by atoms with Crippen LogP contribution < -0.4 is 5.32 Å². The van der Waals surface area contributed by atoms with Gasteiger partial charge in [-0.15, -0.1) is 0 Å². The van der Waals surface area contributed by atoms with Gasteiger partial charge in [-0.3, -0.25) is 4.79 Å². The molecule has 7 heteroatoms. The highest BCUT2D eigenvalue weighted by Crippen LogP contribution is 2.13. The third kappa shape index (κ3) is 2.75. The number of carboxylic acids is 1. The molecule has 0 bridgehead atoms. The van der Waals surface area contributed by atoms with Crippen molar-refractivity contribution in [3.05, 3.63) is 46.5 Å². The number of carbonyl (C=O) groups excluding carboxylic acids is 1. The van der Waals surface area contributed by atoms with Crippen LogP contribution in [0.1, 0.15) is 20.9 Å². The Morgan fingerprint density at radius 3 is 2.72 bits per heavy atom. The van der Waals surface area contributed by atoms with E-state index in [1.807, 2.05) is 0 Å². The summed E-state index contributed by atoms with van der Waals surface area (Å²) >= 11 is 3.22. The monoisotopic (exact) mass is 310 g/mol. The van der Waals surface area contributed by atoms with Gasteiger partial charge in [0.2, 0.25) is 0 Å². The number of halogens is 1. The van der Waals surface area contributed by atoms with Crippen molar-refractivity contribution in [1.82, 2.24) is 4.98 Å². The molecule has 0 saturated heterocycles. The molecule has 2 rings (SSSR count). The first-order chi connectivity index (χ1) is 8.56. The number of nitrogens with one attached hydrogen (secondary N) is 1. The van der Waals surface area contributed by atoms with Crippen molar-refractivity contribution in [3.63, 3.8) is 0 Å². The van der Waals surface area contributed by atoms with Crippen molar-refractivity contribution in [3.8, 4) is 0 Å². The summed E-state index contributed by atoms with van der Waals surface area (Å²) in [5.41, 5.74) is -0.0797. The van der Waals surface area contributed by atoms with Crippen LogP contribution in [-0.2, 0) is 0 Å². The zero-order valence-corrected chi connectivity index (χ0v) is 10.5. The van der Waals surface area contributed by atoms with E-state index in [-0.39, 0.29) is 11.3 Å². The van der Waals surface area contributed by atoms with E-state index in [1.165, 1.54) is 6.20 Å². The van der Waals surface area contributed by atoms with Gasteiger partial charge in [-0.05, 0) is 28.1 Å². The van der Waals surface area contributed by atoms with Crippen LogP contribution in [0.2, 0.25) is 0 Å². The number of rotatable bonds is 3. The molecule has 2 aromatic rings. The first-order valence-electron chi connectivity index (χ1n) is 4.81. The van der Waals surface area contributed by atoms with Crippen LogP contribution in [0.25, 0.3) is 0 Å². The van der Waals surface area contributed by atoms with Gasteiger partial charge in [0.1, 0.15) is 12.1 Å². The van der Waals surface area contributed by atoms with E-state index in [0.717, 1.165) is 16.8 Å². The minimum Gasteiger partial charge on any atom is -0.478 e. The molecule has 0 unspecified atom stereocenters. The van der Waals surface area contributed by atoms with Crippen LogP contribution in [-0.4, -0.2) is 22.0 Å². The Kier molecular flexibility index (Phi) is 3.42. The van der Waals surface area contributed by atoms with Gasteiger partial charge in [0.05, 0.1) is 5.56 Å². The van der Waals surface area contributed by atoms with Crippen LogP contribution >= 0.6 is 15.9 Å². The smallest absolute Gasteiger partial charge is 0.338 e. The van der Waals surface area contributed by atoms with Crippen molar-refractivity contribution < 1.29 is 19.1 Å². The topological polar surface area (TPSA) is 92.4 Å². The van der Waals surface area contributed by atoms with Crippen LogP contribution in [0, 0.1) is 0 Å². The van der Waals surface area contributed by atoms with Crippen LogP contribution in [0.5, 0.6) is 0 Å². The van der Waals surface area contributed by atoms with E-state index >= 15 is 0 Å². The molecule has 2 heterocycles. The van der Waals surface area contributed by atoms with Crippen molar-refractivity contribution in [2.45, 2.75) is 0 Å². The molecule has 6 nitrogen and oxygen atoms in total. The van der Waals surface area contributed by atoms with Crippen molar-refractivity contribution in [2.24, 2.45) is 0 Å². The Morgan fingerprint density at radius 2 is 2.17 bits per heavy atom. The maximum Gasteiger partial charge on any atom is 0.338 e. The maximum atomic E-state index is 11.7. The number of furan rings is 1. The van der Waals surface area contributed by atoms with Gasteiger partial charge in [-0.25, -0.2) is 9.78 Å². The van der Waals surface area contributed by atoms with Crippen LogP contribution in [0.15, 0.2) is 39.5 Å². The molecule has 0 atom stereocenters. The molecule has 0 aromatic carbocycles. The molecule has 0 spiro atoms. The molecule has 1 amide bonds. The summed E-state index contributed by atoms with van der Waals surface area (Å²) in [6.07, 6.45) is 2.53.